The van der Waals surface area contributed by atoms with Crippen LogP contribution in [0.4, 0.5) is 5.69 Å². The Bertz CT molecular complexity index is 808. The number of oxime groups is 1. The van der Waals surface area contributed by atoms with E-state index in [-0.39, 0.29) is 11.7 Å². The Morgan fingerprint density at radius 1 is 1.27 bits per heavy atom. The van der Waals surface area contributed by atoms with Crippen LogP contribution in [0.3, 0.4) is 0 Å². The molecule has 0 spiro atoms. The number of aryl methyl sites for hydroxylation is 2. The van der Waals surface area contributed by atoms with E-state index in [2.05, 4.69) is 24.3 Å². The summed E-state index contributed by atoms with van der Waals surface area (Å²) in [6, 6.07) is 8.79. The van der Waals surface area contributed by atoms with E-state index in [9.17, 15) is 9.90 Å². The maximum absolute atomic E-state index is 11.5. The predicted octanol–water partition coefficient (Wildman–Crippen LogP) is 4.71. The van der Waals surface area contributed by atoms with E-state index < -0.39 is 5.91 Å². The van der Waals surface area contributed by atoms with Gasteiger partial charge in [-0.1, -0.05) is 19.0 Å². The van der Waals surface area contributed by atoms with Crippen LogP contribution in [0, 0.1) is 13.8 Å². The zero-order valence-electron chi connectivity index (χ0n) is 15.4. The molecule has 26 heavy (non-hydrogen) atoms. The molecule has 2 aromatic rings. The lowest BCUT2D eigenvalue weighted by Crippen LogP contribution is -2.12. The summed E-state index contributed by atoms with van der Waals surface area (Å²) >= 11 is 0. The van der Waals surface area contributed by atoms with Gasteiger partial charge in [-0.15, -0.1) is 0 Å². The van der Waals surface area contributed by atoms with Crippen molar-refractivity contribution < 1.29 is 19.8 Å². The summed E-state index contributed by atoms with van der Waals surface area (Å²) in [5.74, 6) is 1.32. The number of nitrogens with one attached hydrogen (secondary N) is 1. The molecule has 138 valence electrons. The molecule has 0 saturated heterocycles. The van der Waals surface area contributed by atoms with Crippen molar-refractivity contribution in [2.75, 3.05) is 5.32 Å². The molecule has 6 nitrogen and oxygen atoms in total. The van der Waals surface area contributed by atoms with Gasteiger partial charge >= 0.3 is 0 Å². The summed E-state index contributed by atoms with van der Waals surface area (Å²) in [5.41, 5.74) is 3.13. The number of carbonyl (C=O) groups excluding carboxylic acids is 1. The third-order valence-corrected chi connectivity index (χ3v) is 4.27. The predicted molar refractivity (Wildman–Crippen MR) is 102 cm³/mol. The van der Waals surface area contributed by atoms with Crippen molar-refractivity contribution in [3.05, 3.63) is 47.0 Å². The van der Waals surface area contributed by atoms with E-state index >= 15 is 0 Å². The molecule has 2 aromatic carbocycles. The van der Waals surface area contributed by atoms with Gasteiger partial charge in [-0.05, 0) is 67.6 Å². The van der Waals surface area contributed by atoms with Crippen molar-refractivity contribution in [1.29, 1.82) is 0 Å². The maximum Gasteiger partial charge on any atom is 0.270 e. The SMILES string of the molecule is CCC(C)c1cc(Oc2c(C)cc(NC(=O)/C=N/O)cc2C)ccc1O. The number of carbonyl (C=O) groups is 1. The zero-order chi connectivity index (χ0) is 19.3. The Balaban J connectivity index is 2.29. The highest BCUT2D eigenvalue weighted by atomic mass is 16.5. The molecule has 1 amide bonds. The molecule has 0 aliphatic heterocycles. The molecule has 0 aromatic heterocycles. The van der Waals surface area contributed by atoms with Crippen LogP contribution in [0.15, 0.2) is 35.5 Å². The summed E-state index contributed by atoms with van der Waals surface area (Å²) < 4.78 is 6.05. The van der Waals surface area contributed by atoms with Crippen LogP contribution < -0.4 is 10.1 Å². The number of hydrogen-bond donors (Lipinski definition) is 3. The molecule has 0 aliphatic carbocycles. The molecule has 2 rings (SSSR count). The number of ether oxygens (including phenoxy) is 1. The lowest BCUT2D eigenvalue weighted by Gasteiger charge is -2.16. The van der Waals surface area contributed by atoms with E-state index in [0.717, 1.165) is 29.3 Å². The number of phenols is 1. The molecule has 0 aliphatic rings. The number of aromatic hydroxyl groups is 1. The van der Waals surface area contributed by atoms with E-state index in [1.54, 1.807) is 24.3 Å². The van der Waals surface area contributed by atoms with Crippen LogP contribution >= 0.6 is 0 Å². The van der Waals surface area contributed by atoms with Gasteiger partial charge in [-0.25, -0.2) is 0 Å². The number of anilines is 1. The number of benzene rings is 2. The Morgan fingerprint density at radius 2 is 1.92 bits per heavy atom. The smallest absolute Gasteiger partial charge is 0.270 e. The number of hydrogen-bond acceptors (Lipinski definition) is 5. The summed E-state index contributed by atoms with van der Waals surface area (Å²) in [6.45, 7) is 7.89. The third kappa shape index (κ3) is 4.53. The molecule has 1 unspecified atom stereocenters. The van der Waals surface area contributed by atoms with Gasteiger partial charge in [0.15, 0.2) is 0 Å². The topological polar surface area (TPSA) is 91.2 Å². The van der Waals surface area contributed by atoms with Crippen LogP contribution in [0.25, 0.3) is 0 Å². The minimum atomic E-state index is -0.517. The van der Waals surface area contributed by atoms with Gasteiger partial charge in [-0.3, -0.25) is 4.79 Å². The second kappa shape index (κ2) is 8.38. The summed E-state index contributed by atoms with van der Waals surface area (Å²) in [6.07, 6.45) is 1.71. The lowest BCUT2D eigenvalue weighted by molar-refractivity contribution is -0.110. The van der Waals surface area contributed by atoms with Crippen molar-refractivity contribution in [1.82, 2.24) is 0 Å². The fourth-order valence-electron chi connectivity index (χ4n) is 2.74. The zero-order valence-corrected chi connectivity index (χ0v) is 15.4. The fourth-order valence-corrected chi connectivity index (χ4v) is 2.74. The highest BCUT2D eigenvalue weighted by molar-refractivity contribution is 6.31. The molecular formula is C20H24N2O4. The quantitative estimate of drug-likeness (QED) is 0.397. The maximum atomic E-state index is 11.5. The molecule has 6 heteroatoms. The Labute approximate surface area is 153 Å². The van der Waals surface area contributed by atoms with Crippen molar-refractivity contribution in [2.45, 2.75) is 40.0 Å². The van der Waals surface area contributed by atoms with Crippen molar-refractivity contribution in [3.8, 4) is 17.2 Å². The minimum Gasteiger partial charge on any atom is -0.508 e. The van der Waals surface area contributed by atoms with Gasteiger partial charge in [0.05, 0.1) is 0 Å². The molecule has 0 saturated carbocycles. The van der Waals surface area contributed by atoms with Gasteiger partial charge in [0.2, 0.25) is 0 Å². The Morgan fingerprint density at radius 3 is 2.50 bits per heavy atom. The number of rotatable bonds is 6. The van der Waals surface area contributed by atoms with Gasteiger partial charge < -0.3 is 20.4 Å². The molecular weight excluding hydrogens is 332 g/mol. The first kappa shape index (κ1) is 19.3. The first-order valence-corrected chi connectivity index (χ1v) is 8.46. The standard InChI is InChI=1S/C20H24N2O4/c1-5-12(2)17-10-16(6-7-18(17)23)26-20-13(3)8-15(9-14(20)4)22-19(24)11-21-25/h6-12,23,25H,5H2,1-4H3,(H,22,24)/b21-11+. The largest absolute Gasteiger partial charge is 0.508 e. The van der Waals surface area contributed by atoms with E-state index in [4.69, 9.17) is 9.94 Å². The lowest BCUT2D eigenvalue weighted by atomic mass is 9.97. The van der Waals surface area contributed by atoms with Crippen molar-refractivity contribution >= 4 is 17.8 Å². The number of phenolic OH excluding ortho intramolecular Hbond substituents is 1. The number of nitrogens with zero attached hydrogens (tertiary/aromatic N) is 1. The van der Waals surface area contributed by atoms with Crippen LogP contribution in [0.2, 0.25) is 0 Å². The van der Waals surface area contributed by atoms with Crippen molar-refractivity contribution in [3.63, 3.8) is 0 Å². The molecule has 0 radical (unpaired) electrons. The number of amides is 1. The molecule has 0 heterocycles. The Hall–Kier alpha value is -3.02. The van der Waals surface area contributed by atoms with Crippen LogP contribution in [-0.4, -0.2) is 22.4 Å². The average Bonchev–Trinajstić information content (AvgIpc) is 2.59. The first-order chi connectivity index (χ1) is 12.3. The molecule has 3 N–H and O–H groups in total. The molecule has 0 fully saturated rings. The third-order valence-electron chi connectivity index (χ3n) is 4.27. The van der Waals surface area contributed by atoms with E-state index in [1.165, 1.54) is 0 Å². The van der Waals surface area contributed by atoms with Crippen molar-refractivity contribution in [2.24, 2.45) is 5.16 Å². The monoisotopic (exact) mass is 356 g/mol. The summed E-state index contributed by atoms with van der Waals surface area (Å²) in [7, 11) is 0. The average molecular weight is 356 g/mol. The van der Waals surface area contributed by atoms with Gasteiger partial charge in [-0.2, -0.15) is 0 Å². The highest BCUT2D eigenvalue weighted by Gasteiger charge is 2.13. The highest BCUT2D eigenvalue weighted by Crippen LogP contribution is 2.36. The minimum absolute atomic E-state index is 0.228. The van der Waals surface area contributed by atoms with Crippen LogP contribution in [-0.2, 0) is 4.79 Å². The van der Waals surface area contributed by atoms with E-state index in [1.807, 2.05) is 19.9 Å². The first-order valence-electron chi connectivity index (χ1n) is 8.46. The molecule has 0 bridgehead atoms. The summed E-state index contributed by atoms with van der Waals surface area (Å²) in [4.78, 5) is 11.5. The fraction of sp³-hybridized carbons (Fsp3) is 0.300. The van der Waals surface area contributed by atoms with Crippen LogP contribution in [0.5, 0.6) is 17.2 Å². The normalized spacial score (nSPS) is 12.2. The second-order valence-electron chi connectivity index (χ2n) is 6.30. The van der Waals surface area contributed by atoms with Gasteiger partial charge in [0.1, 0.15) is 23.5 Å². The van der Waals surface area contributed by atoms with Gasteiger partial charge in [0.25, 0.3) is 5.91 Å². The second-order valence-corrected chi connectivity index (χ2v) is 6.30. The van der Waals surface area contributed by atoms with E-state index in [0.29, 0.717) is 17.2 Å². The Kier molecular flexibility index (Phi) is 6.22. The summed E-state index contributed by atoms with van der Waals surface area (Å²) in [5, 5.41) is 23.8. The van der Waals surface area contributed by atoms with Crippen LogP contribution in [0.1, 0.15) is 42.9 Å². The van der Waals surface area contributed by atoms with Gasteiger partial charge in [0, 0.05) is 11.3 Å². The molecule has 1 atom stereocenters.